The molecule has 0 aromatic heterocycles. The van der Waals surface area contributed by atoms with Crippen molar-refractivity contribution < 1.29 is 9.59 Å². The molecule has 2 aliphatic heterocycles. The van der Waals surface area contributed by atoms with Crippen LogP contribution in [0.3, 0.4) is 0 Å². The van der Waals surface area contributed by atoms with Crippen LogP contribution in [-0.4, -0.2) is 47.8 Å². The van der Waals surface area contributed by atoms with Crippen molar-refractivity contribution in [2.24, 2.45) is 0 Å². The molecule has 1 atom stereocenters. The van der Waals surface area contributed by atoms with E-state index in [1.807, 2.05) is 28.0 Å². The lowest BCUT2D eigenvalue weighted by atomic mass is 9.91. The number of benzene rings is 2. The summed E-state index contributed by atoms with van der Waals surface area (Å²) in [5.41, 5.74) is 2.95. The molecule has 2 aliphatic rings. The second-order valence-corrected chi connectivity index (χ2v) is 8.20. The number of amides is 2. The molecule has 1 unspecified atom stereocenters. The zero-order valence-electron chi connectivity index (χ0n) is 16.4. The Morgan fingerprint density at radius 2 is 1.69 bits per heavy atom. The summed E-state index contributed by atoms with van der Waals surface area (Å²) in [4.78, 5) is 30.1. The number of likely N-dealkylation sites (tertiary alicyclic amines) is 1. The van der Waals surface area contributed by atoms with Crippen LogP contribution in [-0.2, 0) is 16.0 Å². The summed E-state index contributed by atoms with van der Waals surface area (Å²) in [6.07, 6.45) is 4.13. The highest BCUT2D eigenvalue weighted by Gasteiger charge is 2.36. The summed E-state index contributed by atoms with van der Waals surface area (Å²) in [5, 5.41) is 3.54. The average Bonchev–Trinajstić information content (AvgIpc) is 2.75. The van der Waals surface area contributed by atoms with Gasteiger partial charge in [-0.25, -0.2) is 0 Å². The lowest BCUT2D eigenvalue weighted by Crippen LogP contribution is -2.49. The number of halogens is 1. The largest absolute Gasteiger partial charge is 0.341 e. The van der Waals surface area contributed by atoms with Gasteiger partial charge in [-0.1, -0.05) is 35.9 Å². The zero-order chi connectivity index (χ0) is 20.2. The van der Waals surface area contributed by atoms with E-state index < -0.39 is 6.04 Å². The van der Waals surface area contributed by atoms with Gasteiger partial charge in [0, 0.05) is 30.3 Å². The Labute approximate surface area is 176 Å². The highest BCUT2D eigenvalue weighted by atomic mass is 35.5. The highest BCUT2D eigenvalue weighted by Crippen LogP contribution is 2.32. The molecule has 2 aromatic carbocycles. The van der Waals surface area contributed by atoms with E-state index in [2.05, 4.69) is 11.4 Å². The molecule has 0 radical (unpaired) electrons. The maximum absolute atomic E-state index is 13.4. The summed E-state index contributed by atoms with van der Waals surface area (Å²) in [6.45, 7) is 2.49. The summed E-state index contributed by atoms with van der Waals surface area (Å²) in [6, 6.07) is 14.8. The van der Waals surface area contributed by atoms with E-state index in [9.17, 15) is 9.59 Å². The number of hydrogen-bond acceptors (Lipinski definition) is 3. The van der Waals surface area contributed by atoms with Crippen molar-refractivity contribution in [3.05, 3.63) is 64.7 Å². The molecular weight excluding hydrogens is 386 g/mol. The minimum atomic E-state index is -0.394. The summed E-state index contributed by atoms with van der Waals surface area (Å²) in [5.74, 6) is -0.000657. The first kappa shape index (κ1) is 19.9. The number of nitrogens with one attached hydrogen (secondary N) is 1. The summed E-state index contributed by atoms with van der Waals surface area (Å²) < 4.78 is 0. The third-order valence-electron chi connectivity index (χ3n) is 5.76. The molecule has 2 heterocycles. The van der Waals surface area contributed by atoms with Crippen molar-refractivity contribution in [2.45, 2.75) is 31.7 Å². The predicted octanol–water partition coefficient (Wildman–Crippen LogP) is 3.89. The Balaban J connectivity index is 1.53. The summed E-state index contributed by atoms with van der Waals surface area (Å²) >= 11 is 5.92. The van der Waals surface area contributed by atoms with Gasteiger partial charge in [0.2, 0.25) is 11.8 Å². The number of piperidine rings is 1. The van der Waals surface area contributed by atoms with Crippen molar-refractivity contribution in [3.8, 4) is 0 Å². The van der Waals surface area contributed by atoms with Gasteiger partial charge in [0.25, 0.3) is 0 Å². The van der Waals surface area contributed by atoms with Crippen molar-refractivity contribution in [2.75, 3.05) is 31.5 Å². The van der Waals surface area contributed by atoms with Gasteiger partial charge in [-0.2, -0.15) is 0 Å². The lowest BCUT2D eigenvalue weighted by molar-refractivity contribution is -0.139. The number of anilines is 1. The number of rotatable bonds is 4. The molecule has 1 fully saturated rings. The van der Waals surface area contributed by atoms with Gasteiger partial charge < -0.3 is 10.2 Å². The third-order valence-corrected chi connectivity index (χ3v) is 6.01. The molecule has 0 saturated carbocycles. The van der Waals surface area contributed by atoms with Crippen LogP contribution in [0, 0.1) is 0 Å². The van der Waals surface area contributed by atoms with Crippen LogP contribution in [0.4, 0.5) is 5.69 Å². The molecule has 152 valence electrons. The molecule has 4 rings (SSSR count). The van der Waals surface area contributed by atoms with E-state index in [1.54, 1.807) is 24.3 Å². The molecule has 0 spiro atoms. The molecule has 29 heavy (non-hydrogen) atoms. The normalized spacial score (nSPS) is 19.5. The Morgan fingerprint density at radius 3 is 2.45 bits per heavy atom. The zero-order valence-corrected chi connectivity index (χ0v) is 17.2. The van der Waals surface area contributed by atoms with Crippen LogP contribution in [0.25, 0.3) is 0 Å². The molecule has 1 saturated heterocycles. The van der Waals surface area contributed by atoms with Crippen LogP contribution in [0.5, 0.6) is 0 Å². The van der Waals surface area contributed by atoms with E-state index in [4.69, 9.17) is 11.6 Å². The van der Waals surface area contributed by atoms with E-state index in [-0.39, 0.29) is 18.4 Å². The standard InChI is InChI=1S/C23H26ClN3O2/c24-18-8-10-19(11-9-18)25-21(28)16-27-15-12-17-6-2-3-7-20(17)22(27)23(29)26-13-4-1-5-14-26/h2-3,6-11,22H,1,4-5,12-16H2,(H,25,28). The van der Waals surface area contributed by atoms with Gasteiger partial charge in [0.05, 0.1) is 6.54 Å². The first-order valence-corrected chi connectivity index (χ1v) is 10.7. The molecule has 6 heteroatoms. The van der Waals surface area contributed by atoms with E-state index in [1.165, 1.54) is 12.0 Å². The summed E-state index contributed by atoms with van der Waals surface area (Å²) in [7, 11) is 0. The Morgan fingerprint density at radius 1 is 0.966 bits per heavy atom. The Kier molecular flexibility index (Phi) is 6.16. The van der Waals surface area contributed by atoms with Crippen LogP contribution in [0.15, 0.2) is 48.5 Å². The maximum Gasteiger partial charge on any atom is 0.244 e. The Hall–Kier alpha value is -2.37. The van der Waals surface area contributed by atoms with Gasteiger partial charge in [0.15, 0.2) is 0 Å². The van der Waals surface area contributed by atoms with Crippen molar-refractivity contribution in [3.63, 3.8) is 0 Å². The van der Waals surface area contributed by atoms with E-state index >= 15 is 0 Å². The number of nitrogens with zero attached hydrogens (tertiary/aromatic N) is 2. The first-order chi connectivity index (χ1) is 14.1. The highest BCUT2D eigenvalue weighted by molar-refractivity contribution is 6.30. The fourth-order valence-electron chi connectivity index (χ4n) is 4.28. The average molecular weight is 412 g/mol. The fraction of sp³-hybridized carbons (Fsp3) is 0.391. The first-order valence-electron chi connectivity index (χ1n) is 10.3. The molecule has 0 bridgehead atoms. The van der Waals surface area contributed by atoms with Crippen molar-refractivity contribution >= 4 is 29.1 Å². The molecule has 0 aliphatic carbocycles. The number of carbonyl (C=O) groups is 2. The third kappa shape index (κ3) is 4.62. The maximum atomic E-state index is 13.4. The van der Waals surface area contributed by atoms with Gasteiger partial charge in [0.1, 0.15) is 6.04 Å². The van der Waals surface area contributed by atoms with Crippen LogP contribution in [0.1, 0.15) is 36.4 Å². The lowest BCUT2D eigenvalue weighted by Gasteiger charge is -2.39. The fourth-order valence-corrected chi connectivity index (χ4v) is 4.41. The molecular formula is C23H26ClN3O2. The van der Waals surface area contributed by atoms with Gasteiger partial charge in [-0.15, -0.1) is 0 Å². The smallest absolute Gasteiger partial charge is 0.244 e. The van der Waals surface area contributed by atoms with Crippen molar-refractivity contribution in [1.82, 2.24) is 9.80 Å². The van der Waals surface area contributed by atoms with Crippen LogP contribution < -0.4 is 5.32 Å². The molecule has 5 nitrogen and oxygen atoms in total. The predicted molar refractivity (Wildman–Crippen MR) is 115 cm³/mol. The molecule has 2 amide bonds. The van der Waals surface area contributed by atoms with E-state index in [0.717, 1.165) is 37.9 Å². The number of carbonyl (C=O) groups excluding carboxylic acids is 2. The topological polar surface area (TPSA) is 52.7 Å². The molecule has 2 aromatic rings. The van der Waals surface area contributed by atoms with Crippen molar-refractivity contribution in [1.29, 1.82) is 0 Å². The number of fused-ring (bicyclic) bond motifs is 1. The minimum absolute atomic E-state index is 0.121. The van der Waals surface area contributed by atoms with Gasteiger partial charge >= 0.3 is 0 Å². The van der Waals surface area contributed by atoms with E-state index in [0.29, 0.717) is 17.3 Å². The van der Waals surface area contributed by atoms with Crippen LogP contribution in [0.2, 0.25) is 5.02 Å². The minimum Gasteiger partial charge on any atom is -0.341 e. The second kappa shape index (κ2) is 8.97. The SMILES string of the molecule is O=C(CN1CCc2ccccc2C1C(=O)N1CCCCC1)Nc1ccc(Cl)cc1. The second-order valence-electron chi connectivity index (χ2n) is 7.76. The van der Waals surface area contributed by atoms with Gasteiger partial charge in [-0.3, -0.25) is 14.5 Å². The van der Waals surface area contributed by atoms with Crippen LogP contribution >= 0.6 is 11.6 Å². The monoisotopic (exact) mass is 411 g/mol. The Bertz CT molecular complexity index is 878. The number of hydrogen-bond donors (Lipinski definition) is 1. The quantitative estimate of drug-likeness (QED) is 0.830. The molecule has 1 N–H and O–H groups in total. The van der Waals surface area contributed by atoms with Gasteiger partial charge in [-0.05, 0) is 61.1 Å².